The minimum Gasteiger partial charge on any atom is -0.491 e. The second kappa shape index (κ2) is 9.78. The summed E-state index contributed by atoms with van der Waals surface area (Å²) in [5.74, 6) is 0.820. The van der Waals surface area contributed by atoms with Gasteiger partial charge in [-0.05, 0) is 36.8 Å². The van der Waals surface area contributed by atoms with Crippen LogP contribution in [0.3, 0.4) is 0 Å². The molecule has 2 amide bonds. The van der Waals surface area contributed by atoms with E-state index in [4.69, 9.17) is 9.47 Å². The molecule has 31 heavy (non-hydrogen) atoms. The Hall–Kier alpha value is -3.13. The maximum atomic E-state index is 12.9. The lowest BCUT2D eigenvalue weighted by Gasteiger charge is -2.34. The zero-order valence-electron chi connectivity index (χ0n) is 17.8. The molecule has 0 atom stereocenters. The first-order valence-corrected chi connectivity index (χ1v) is 10.7. The number of carbonyl (C=O) groups excluding carboxylic acids is 2. The van der Waals surface area contributed by atoms with E-state index in [0.717, 1.165) is 30.9 Å². The average Bonchev–Trinajstić information content (AvgIpc) is 3.02. The number of aromatic nitrogens is 1. The largest absolute Gasteiger partial charge is 0.491 e. The van der Waals surface area contributed by atoms with Crippen molar-refractivity contribution < 1.29 is 19.1 Å². The van der Waals surface area contributed by atoms with Crippen LogP contribution in [0.4, 0.5) is 4.79 Å². The minimum atomic E-state index is -0.233. The fraction of sp³-hybridized carbons (Fsp3) is 0.435. The lowest BCUT2D eigenvalue weighted by molar-refractivity contribution is 0.0731. The Labute approximate surface area is 182 Å². The highest BCUT2D eigenvalue weighted by Gasteiger charge is 2.24. The zero-order chi connectivity index (χ0) is 21.6. The molecule has 2 aliphatic rings. The third kappa shape index (κ3) is 5.14. The summed E-state index contributed by atoms with van der Waals surface area (Å²) in [6.07, 6.45) is 3.04. The molecule has 2 aliphatic heterocycles. The molecule has 2 aromatic rings. The Morgan fingerprint density at radius 1 is 1.03 bits per heavy atom. The number of hydrogen-bond acceptors (Lipinski definition) is 6. The highest BCUT2D eigenvalue weighted by Crippen LogP contribution is 2.26. The lowest BCUT2D eigenvalue weighted by Crippen LogP contribution is -2.48. The molecule has 0 spiro atoms. The van der Waals surface area contributed by atoms with E-state index >= 15 is 0 Å². The van der Waals surface area contributed by atoms with Crippen molar-refractivity contribution in [1.82, 2.24) is 19.7 Å². The summed E-state index contributed by atoms with van der Waals surface area (Å²) in [7, 11) is 0. The van der Waals surface area contributed by atoms with Crippen LogP contribution in [0.15, 0.2) is 42.7 Å². The van der Waals surface area contributed by atoms with Crippen LogP contribution >= 0.6 is 0 Å². The summed E-state index contributed by atoms with van der Waals surface area (Å²) >= 11 is 0. The molecule has 8 heteroatoms. The van der Waals surface area contributed by atoms with E-state index in [1.54, 1.807) is 29.4 Å². The van der Waals surface area contributed by atoms with Crippen molar-refractivity contribution in [2.24, 2.45) is 0 Å². The Bertz CT molecular complexity index is 913. The molecule has 164 valence electrons. The SMILES string of the molecule is CCOC(=O)N1CCN(Cc2ccc3c(c2)CN(C(=O)c2ccncc2)CCO3)CC1. The molecular formula is C23H28N4O4. The highest BCUT2D eigenvalue weighted by molar-refractivity contribution is 5.94. The van der Waals surface area contributed by atoms with Crippen LogP contribution in [-0.4, -0.2) is 77.6 Å². The molecule has 0 bridgehead atoms. The van der Waals surface area contributed by atoms with E-state index in [1.807, 2.05) is 17.9 Å². The van der Waals surface area contributed by atoms with Crippen molar-refractivity contribution in [1.29, 1.82) is 0 Å². The molecular weight excluding hydrogens is 396 g/mol. The molecule has 0 N–H and O–H groups in total. The number of fused-ring (bicyclic) bond motifs is 1. The average molecular weight is 425 g/mol. The summed E-state index contributed by atoms with van der Waals surface area (Å²) in [6.45, 7) is 7.49. The number of rotatable bonds is 4. The normalized spacial score (nSPS) is 16.8. The first-order valence-electron chi connectivity index (χ1n) is 10.7. The molecule has 0 saturated carbocycles. The van der Waals surface area contributed by atoms with E-state index in [-0.39, 0.29) is 12.0 Å². The van der Waals surface area contributed by atoms with Crippen LogP contribution in [0.1, 0.15) is 28.4 Å². The quantitative estimate of drug-likeness (QED) is 0.750. The fourth-order valence-corrected chi connectivity index (χ4v) is 3.96. The molecule has 0 aliphatic carbocycles. The van der Waals surface area contributed by atoms with Gasteiger partial charge >= 0.3 is 6.09 Å². The Kier molecular flexibility index (Phi) is 6.66. The van der Waals surface area contributed by atoms with Crippen LogP contribution in [0.25, 0.3) is 0 Å². The van der Waals surface area contributed by atoms with Crippen LogP contribution in [0.5, 0.6) is 5.75 Å². The van der Waals surface area contributed by atoms with Crippen molar-refractivity contribution in [3.8, 4) is 5.75 Å². The second-order valence-corrected chi connectivity index (χ2v) is 7.72. The van der Waals surface area contributed by atoms with E-state index in [9.17, 15) is 9.59 Å². The highest BCUT2D eigenvalue weighted by atomic mass is 16.6. The summed E-state index contributed by atoms with van der Waals surface area (Å²) in [5, 5.41) is 0. The van der Waals surface area contributed by atoms with E-state index < -0.39 is 0 Å². The molecule has 3 heterocycles. The maximum Gasteiger partial charge on any atom is 0.409 e. The van der Waals surface area contributed by atoms with Gasteiger partial charge < -0.3 is 19.3 Å². The number of hydrogen-bond donors (Lipinski definition) is 0. The van der Waals surface area contributed by atoms with Gasteiger partial charge in [-0.25, -0.2) is 4.79 Å². The zero-order valence-corrected chi connectivity index (χ0v) is 17.8. The van der Waals surface area contributed by atoms with Crippen molar-refractivity contribution in [2.75, 3.05) is 45.9 Å². The van der Waals surface area contributed by atoms with E-state index in [2.05, 4.69) is 22.0 Å². The van der Waals surface area contributed by atoms with Crippen LogP contribution in [0.2, 0.25) is 0 Å². The van der Waals surface area contributed by atoms with Gasteiger partial charge in [-0.1, -0.05) is 6.07 Å². The summed E-state index contributed by atoms with van der Waals surface area (Å²) in [4.78, 5) is 34.7. The monoisotopic (exact) mass is 424 g/mol. The number of pyridine rings is 1. The van der Waals surface area contributed by atoms with Crippen LogP contribution in [-0.2, 0) is 17.8 Å². The van der Waals surface area contributed by atoms with Crippen LogP contribution in [0, 0.1) is 0 Å². The predicted molar refractivity (Wildman–Crippen MR) is 115 cm³/mol. The van der Waals surface area contributed by atoms with Gasteiger partial charge in [-0.2, -0.15) is 0 Å². The Morgan fingerprint density at radius 2 is 1.81 bits per heavy atom. The number of piperazine rings is 1. The van der Waals surface area contributed by atoms with Crippen molar-refractivity contribution in [2.45, 2.75) is 20.0 Å². The lowest BCUT2D eigenvalue weighted by atomic mass is 10.1. The minimum absolute atomic E-state index is 0.0145. The van der Waals surface area contributed by atoms with E-state index in [1.165, 1.54) is 5.56 Å². The third-order valence-electron chi connectivity index (χ3n) is 5.62. The van der Waals surface area contributed by atoms with Gasteiger partial charge in [-0.15, -0.1) is 0 Å². The second-order valence-electron chi connectivity index (χ2n) is 7.72. The summed E-state index contributed by atoms with van der Waals surface area (Å²) in [6, 6.07) is 9.69. The Morgan fingerprint density at radius 3 is 2.55 bits per heavy atom. The molecule has 1 saturated heterocycles. The smallest absolute Gasteiger partial charge is 0.409 e. The van der Waals surface area contributed by atoms with Gasteiger partial charge in [0.25, 0.3) is 5.91 Å². The van der Waals surface area contributed by atoms with E-state index in [0.29, 0.717) is 45.0 Å². The van der Waals surface area contributed by atoms with Crippen molar-refractivity contribution in [3.63, 3.8) is 0 Å². The molecule has 0 unspecified atom stereocenters. The number of nitrogens with zero attached hydrogens (tertiary/aromatic N) is 4. The van der Waals surface area contributed by atoms with Crippen molar-refractivity contribution >= 4 is 12.0 Å². The summed E-state index contributed by atoms with van der Waals surface area (Å²) < 4.78 is 11.0. The molecule has 1 aromatic carbocycles. The van der Waals surface area contributed by atoms with Gasteiger partial charge in [0, 0.05) is 62.8 Å². The van der Waals surface area contributed by atoms with Gasteiger partial charge in [0.2, 0.25) is 0 Å². The van der Waals surface area contributed by atoms with Gasteiger partial charge in [0.15, 0.2) is 0 Å². The number of benzene rings is 1. The molecule has 0 radical (unpaired) electrons. The maximum absolute atomic E-state index is 12.9. The third-order valence-corrected chi connectivity index (χ3v) is 5.62. The number of amides is 2. The predicted octanol–water partition coefficient (Wildman–Crippen LogP) is 2.39. The standard InChI is InChI=1S/C23H28N4O4/c1-2-30-23(29)26-11-9-25(10-12-26)16-18-3-4-21-20(15-18)17-27(13-14-31-21)22(28)19-5-7-24-8-6-19/h3-8,15H,2,9-14,16-17H2,1H3. The number of ether oxygens (including phenoxy) is 2. The molecule has 8 nitrogen and oxygen atoms in total. The van der Waals surface area contributed by atoms with Gasteiger partial charge in [0.1, 0.15) is 12.4 Å². The first kappa shape index (κ1) is 21.1. The Balaban J connectivity index is 1.40. The van der Waals surface area contributed by atoms with Gasteiger partial charge in [0.05, 0.1) is 13.2 Å². The fourth-order valence-electron chi connectivity index (χ4n) is 3.96. The molecule has 4 rings (SSSR count). The van der Waals surface area contributed by atoms with Gasteiger partial charge in [-0.3, -0.25) is 14.7 Å². The van der Waals surface area contributed by atoms with Crippen molar-refractivity contribution in [3.05, 3.63) is 59.4 Å². The number of carbonyl (C=O) groups is 2. The first-order chi connectivity index (χ1) is 15.1. The summed E-state index contributed by atoms with van der Waals surface area (Å²) in [5.41, 5.74) is 2.82. The van der Waals surface area contributed by atoms with Crippen LogP contribution < -0.4 is 4.74 Å². The molecule has 1 fully saturated rings. The molecule has 1 aromatic heterocycles. The topological polar surface area (TPSA) is 75.2 Å².